The minimum Gasteiger partial charge on any atom is -0.455 e. The van der Waals surface area contributed by atoms with E-state index in [0.717, 1.165) is 72.3 Å². The van der Waals surface area contributed by atoms with Gasteiger partial charge in [-0.3, -0.25) is 0 Å². The molecule has 0 N–H and O–H groups in total. The van der Waals surface area contributed by atoms with E-state index in [1.807, 2.05) is 18.2 Å². The number of hydrogen-bond donors (Lipinski definition) is 0. The van der Waals surface area contributed by atoms with Crippen molar-refractivity contribution in [2.45, 2.75) is 19.3 Å². The molecule has 0 saturated heterocycles. The Balaban J connectivity index is 1.15. The summed E-state index contributed by atoms with van der Waals surface area (Å²) < 4.78 is 6.61. The van der Waals surface area contributed by atoms with Crippen molar-refractivity contribution in [3.8, 4) is 78.4 Å². The van der Waals surface area contributed by atoms with Gasteiger partial charge in [-0.05, 0) is 80.4 Å². The molecule has 274 valence electrons. The van der Waals surface area contributed by atoms with E-state index in [0.29, 0.717) is 5.82 Å². The van der Waals surface area contributed by atoms with Gasteiger partial charge in [-0.25, -0.2) is 9.97 Å². The molecule has 3 heteroatoms. The van der Waals surface area contributed by atoms with Crippen molar-refractivity contribution in [2.75, 3.05) is 0 Å². The molecule has 10 aromatic rings. The van der Waals surface area contributed by atoms with Crippen molar-refractivity contribution >= 4 is 21.9 Å². The largest absolute Gasteiger partial charge is 0.455 e. The molecule has 3 nitrogen and oxygen atoms in total. The molecule has 0 spiro atoms. The molecule has 0 fully saturated rings. The second kappa shape index (κ2) is 13.4. The average molecular weight is 743 g/mol. The van der Waals surface area contributed by atoms with E-state index in [2.05, 4.69) is 190 Å². The zero-order valence-corrected chi connectivity index (χ0v) is 32.3. The minimum absolute atomic E-state index is 0.128. The molecule has 0 radical (unpaired) electrons. The first-order chi connectivity index (χ1) is 28.5. The van der Waals surface area contributed by atoms with E-state index >= 15 is 0 Å². The van der Waals surface area contributed by atoms with Crippen LogP contribution in [0.3, 0.4) is 0 Å². The predicted molar refractivity (Wildman–Crippen MR) is 239 cm³/mol. The molecule has 2 heterocycles. The van der Waals surface area contributed by atoms with Crippen molar-refractivity contribution in [1.82, 2.24) is 9.97 Å². The highest BCUT2D eigenvalue weighted by atomic mass is 16.3. The Hall–Kier alpha value is -7.36. The summed E-state index contributed by atoms with van der Waals surface area (Å²) in [6.07, 6.45) is 0. The van der Waals surface area contributed by atoms with Gasteiger partial charge in [-0.1, -0.05) is 178 Å². The summed E-state index contributed by atoms with van der Waals surface area (Å²) in [5.41, 5.74) is 18.3. The first-order valence-electron chi connectivity index (χ1n) is 19.9. The lowest BCUT2D eigenvalue weighted by molar-refractivity contribution is 0.660. The van der Waals surface area contributed by atoms with Crippen LogP contribution >= 0.6 is 0 Å². The molecule has 0 bridgehead atoms. The van der Waals surface area contributed by atoms with Crippen LogP contribution in [0.1, 0.15) is 25.0 Å². The maximum Gasteiger partial charge on any atom is 0.160 e. The molecule has 2 aromatic heterocycles. The number of fused-ring (bicyclic) bond motifs is 6. The lowest BCUT2D eigenvalue weighted by atomic mass is 9.82. The standard InChI is InChI=1S/C55H38N2O/c1-55(2)47-24-11-9-20-45(47)52-46(23-14-25-48(52)55)50-34-49(56-54(57-50)38-17-7-4-8-18-38)41-32-39(37-29-27-36(28-30-37)35-15-5-3-6-16-35)31-40(33-41)42-21-13-22-44-43-19-10-12-26-51(43)58-53(42)44/h3-34H,1-2H3. The highest BCUT2D eigenvalue weighted by molar-refractivity contribution is 6.10. The number of para-hydroxylation sites is 2. The fraction of sp³-hybridized carbons (Fsp3) is 0.0545. The van der Waals surface area contributed by atoms with Crippen LogP contribution in [0.25, 0.3) is 100 Å². The molecule has 11 rings (SSSR count). The third kappa shape index (κ3) is 5.58. The summed E-state index contributed by atoms with van der Waals surface area (Å²) >= 11 is 0. The summed E-state index contributed by atoms with van der Waals surface area (Å²) in [7, 11) is 0. The zero-order valence-electron chi connectivity index (χ0n) is 32.3. The van der Waals surface area contributed by atoms with Crippen molar-refractivity contribution in [2.24, 2.45) is 0 Å². The Morgan fingerprint density at radius 2 is 0.931 bits per heavy atom. The first kappa shape index (κ1) is 33.9. The topological polar surface area (TPSA) is 38.9 Å². The van der Waals surface area contributed by atoms with Crippen LogP contribution in [0, 0.1) is 0 Å². The summed E-state index contributed by atoms with van der Waals surface area (Å²) in [4.78, 5) is 10.7. The third-order valence-electron chi connectivity index (χ3n) is 11.9. The van der Waals surface area contributed by atoms with Crippen LogP contribution in [0.2, 0.25) is 0 Å². The van der Waals surface area contributed by atoms with E-state index in [-0.39, 0.29) is 5.41 Å². The van der Waals surface area contributed by atoms with Crippen molar-refractivity contribution in [3.05, 3.63) is 205 Å². The fourth-order valence-corrected chi connectivity index (χ4v) is 8.98. The predicted octanol–water partition coefficient (Wildman–Crippen LogP) is 14.7. The van der Waals surface area contributed by atoms with Crippen molar-refractivity contribution in [1.29, 1.82) is 0 Å². The smallest absolute Gasteiger partial charge is 0.160 e. The number of rotatable bonds is 6. The van der Waals surface area contributed by atoms with Gasteiger partial charge in [-0.15, -0.1) is 0 Å². The molecule has 0 aliphatic heterocycles. The molecule has 8 aromatic carbocycles. The van der Waals surface area contributed by atoms with Crippen molar-refractivity contribution in [3.63, 3.8) is 0 Å². The van der Waals surface area contributed by atoms with Crippen LogP contribution in [0.15, 0.2) is 199 Å². The lowest BCUT2D eigenvalue weighted by Crippen LogP contribution is -2.14. The Bertz CT molecular complexity index is 3180. The summed E-state index contributed by atoms with van der Waals surface area (Å²) in [6, 6.07) is 68.9. The third-order valence-corrected chi connectivity index (χ3v) is 11.9. The van der Waals surface area contributed by atoms with E-state index in [9.17, 15) is 0 Å². The van der Waals surface area contributed by atoms with Gasteiger partial charge in [-0.2, -0.15) is 0 Å². The van der Waals surface area contributed by atoms with Crippen LogP contribution in [-0.4, -0.2) is 9.97 Å². The molecule has 1 aliphatic rings. The van der Waals surface area contributed by atoms with Gasteiger partial charge in [0.1, 0.15) is 11.2 Å². The summed E-state index contributed by atoms with van der Waals surface area (Å²) in [5, 5.41) is 2.21. The average Bonchev–Trinajstić information content (AvgIpc) is 3.79. The van der Waals surface area contributed by atoms with E-state index in [1.165, 1.54) is 33.4 Å². The van der Waals surface area contributed by atoms with Crippen LogP contribution in [0.4, 0.5) is 0 Å². The molecule has 0 unspecified atom stereocenters. The molecule has 58 heavy (non-hydrogen) atoms. The highest BCUT2D eigenvalue weighted by Crippen LogP contribution is 2.52. The van der Waals surface area contributed by atoms with Gasteiger partial charge in [0, 0.05) is 38.4 Å². The number of aromatic nitrogens is 2. The highest BCUT2D eigenvalue weighted by Gasteiger charge is 2.36. The normalized spacial score (nSPS) is 12.8. The molecule has 0 amide bonds. The molecule has 0 atom stereocenters. The van der Waals surface area contributed by atoms with Gasteiger partial charge in [0.15, 0.2) is 5.82 Å². The maximum atomic E-state index is 6.61. The number of furan rings is 1. The Morgan fingerprint density at radius 1 is 0.379 bits per heavy atom. The molecule has 1 aliphatic carbocycles. The van der Waals surface area contributed by atoms with Crippen LogP contribution in [-0.2, 0) is 5.41 Å². The van der Waals surface area contributed by atoms with Gasteiger partial charge in [0.2, 0.25) is 0 Å². The first-order valence-corrected chi connectivity index (χ1v) is 19.9. The SMILES string of the molecule is CC1(C)c2ccccc2-c2c(-c3cc(-c4cc(-c5ccc(-c6ccccc6)cc5)cc(-c5cccc6c5oc5ccccc56)c4)nc(-c4ccccc4)n3)cccc21. The Kier molecular flexibility index (Phi) is 7.84. The van der Waals surface area contributed by atoms with Crippen LogP contribution < -0.4 is 0 Å². The number of benzene rings is 8. The van der Waals surface area contributed by atoms with E-state index in [1.54, 1.807) is 0 Å². The summed E-state index contributed by atoms with van der Waals surface area (Å²) in [5.74, 6) is 0.690. The van der Waals surface area contributed by atoms with E-state index < -0.39 is 0 Å². The fourth-order valence-electron chi connectivity index (χ4n) is 8.98. The molecule has 0 saturated carbocycles. The Morgan fingerprint density at radius 3 is 1.74 bits per heavy atom. The summed E-state index contributed by atoms with van der Waals surface area (Å²) in [6.45, 7) is 4.65. The van der Waals surface area contributed by atoms with Crippen molar-refractivity contribution < 1.29 is 4.42 Å². The van der Waals surface area contributed by atoms with Gasteiger partial charge < -0.3 is 4.42 Å². The minimum atomic E-state index is -0.128. The lowest BCUT2D eigenvalue weighted by Gasteiger charge is -2.21. The second-order valence-electron chi connectivity index (χ2n) is 15.7. The maximum absolute atomic E-state index is 6.61. The van der Waals surface area contributed by atoms with Gasteiger partial charge in [0.25, 0.3) is 0 Å². The second-order valence-corrected chi connectivity index (χ2v) is 15.7. The Labute approximate surface area is 338 Å². The van der Waals surface area contributed by atoms with Gasteiger partial charge >= 0.3 is 0 Å². The molecular weight excluding hydrogens is 705 g/mol. The quantitative estimate of drug-likeness (QED) is 0.170. The number of hydrogen-bond acceptors (Lipinski definition) is 3. The van der Waals surface area contributed by atoms with E-state index in [4.69, 9.17) is 14.4 Å². The van der Waals surface area contributed by atoms with Gasteiger partial charge in [0.05, 0.1) is 11.4 Å². The number of nitrogens with zero attached hydrogens (tertiary/aromatic N) is 2. The monoisotopic (exact) mass is 742 g/mol. The molecular formula is C55H38N2O. The zero-order chi connectivity index (χ0) is 38.8. The van der Waals surface area contributed by atoms with Crippen LogP contribution in [0.5, 0.6) is 0 Å².